The minimum Gasteiger partial charge on any atom is -0.507 e. The Kier molecular flexibility index (Phi) is 10.3. The number of nitrogens with one attached hydrogen (secondary N) is 1. The molecule has 0 spiro atoms. The van der Waals surface area contributed by atoms with Crippen molar-refractivity contribution in [3.05, 3.63) is 167 Å². The van der Waals surface area contributed by atoms with Crippen molar-refractivity contribution in [3.8, 4) is 5.75 Å². The molecule has 9 rings (SSSR count). The van der Waals surface area contributed by atoms with Crippen molar-refractivity contribution in [1.29, 1.82) is 0 Å². The molecular formula is C49H42ClFN6O5. The van der Waals surface area contributed by atoms with Crippen molar-refractivity contribution in [3.63, 3.8) is 0 Å². The molecule has 2 N–H and O–H groups in total. The monoisotopic (exact) mass is 848 g/mol. The van der Waals surface area contributed by atoms with Gasteiger partial charge in [-0.25, -0.2) is 4.39 Å². The number of rotatable bonds is 10. The number of fused-ring (bicyclic) bond motifs is 4. The van der Waals surface area contributed by atoms with Crippen LogP contribution in [0, 0.1) is 29.5 Å². The molecule has 2 aliphatic carbocycles. The molecule has 0 radical (unpaired) electrons. The highest BCUT2D eigenvalue weighted by Gasteiger charge is 2.70. The van der Waals surface area contributed by atoms with Gasteiger partial charge in [-0.2, -0.15) is 15.2 Å². The number of anilines is 3. The van der Waals surface area contributed by atoms with Gasteiger partial charge in [-0.05, 0) is 121 Å². The van der Waals surface area contributed by atoms with Gasteiger partial charge in [0.1, 0.15) is 11.6 Å². The number of benzene rings is 5. The summed E-state index contributed by atoms with van der Waals surface area (Å²) in [6.07, 6.45) is 4.17. The average molecular weight is 849 g/mol. The lowest BCUT2D eigenvalue weighted by atomic mass is 9.49. The number of imide groups is 2. The van der Waals surface area contributed by atoms with Crippen LogP contribution >= 0.6 is 11.6 Å². The van der Waals surface area contributed by atoms with Gasteiger partial charge in [-0.15, -0.1) is 6.58 Å². The van der Waals surface area contributed by atoms with Gasteiger partial charge < -0.3 is 10.0 Å². The lowest BCUT2D eigenvalue weighted by Crippen LogP contribution is -2.53. The summed E-state index contributed by atoms with van der Waals surface area (Å²) >= 11 is 6.42. The zero-order valence-corrected chi connectivity index (χ0v) is 34.7. The lowest BCUT2D eigenvalue weighted by molar-refractivity contribution is -0.138. The van der Waals surface area contributed by atoms with Crippen LogP contribution in [0.4, 0.5) is 32.8 Å². The Balaban J connectivity index is 1.12. The standard InChI is InChI=1S/C49H42ClFN6O5/c1-4-6-28-7-5-8-39(44(28)58)43-37-25-26-38-42(47(61)56(45(38)59)36-23-19-33(20-24-36)53-52-32-17-21-35(22-18-32)55(2)3)40(37)27-41-46(60)57(54-34-15-13-31(51)14-16-34)48(62)49(41,43)29-9-11-30(50)12-10-29/h4-5,7-25,38,40-43,54,58H,1,6,26-27H2,2-3H3/t38-,40+,41-,42-,43+,49+/m0/s1. The average Bonchev–Trinajstić information content (AvgIpc) is 3.65. The third kappa shape index (κ3) is 6.57. The van der Waals surface area contributed by atoms with E-state index in [0.29, 0.717) is 56.5 Å². The second-order valence-electron chi connectivity index (χ2n) is 16.4. The number of carbonyl (C=O) groups excluding carboxylic acids is 4. The Morgan fingerprint density at radius 2 is 1.52 bits per heavy atom. The molecule has 0 bridgehead atoms. The predicted molar refractivity (Wildman–Crippen MR) is 235 cm³/mol. The zero-order valence-electron chi connectivity index (χ0n) is 33.9. The van der Waals surface area contributed by atoms with E-state index in [0.717, 1.165) is 10.7 Å². The molecule has 6 atom stereocenters. The first-order chi connectivity index (χ1) is 29.9. The number of carbonyl (C=O) groups is 4. The first-order valence-corrected chi connectivity index (χ1v) is 20.8. The van der Waals surface area contributed by atoms with Crippen LogP contribution in [0.25, 0.3) is 0 Å². The highest BCUT2D eigenvalue weighted by atomic mass is 35.5. The molecule has 62 heavy (non-hydrogen) atoms. The molecule has 2 saturated heterocycles. The molecule has 2 heterocycles. The number of para-hydroxylation sites is 1. The first kappa shape index (κ1) is 40.5. The Labute approximate surface area is 362 Å². The summed E-state index contributed by atoms with van der Waals surface area (Å²) < 4.78 is 14.0. The van der Waals surface area contributed by atoms with Crippen molar-refractivity contribution in [2.24, 2.45) is 33.9 Å². The Bertz CT molecular complexity index is 2690. The van der Waals surface area contributed by atoms with Crippen LogP contribution < -0.4 is 15.2 Å². The molecule has 1 saturated carbocycles. The summed E-state index contributed by atoms with van der Waals surface area (Å²) in [7, 11) is 3.91. The summed E-state index contributed by atoms with van der Waals surface area (Å²) in [5, 5.41) is 22.2. The van der Waals surface area contributed by atoms with Crippen molar-refractivity contribution in [2.45, 2.75) is 30.6 Å². The normalized spacial score (nSPS) is 24.2. The van der Waals surface area contributed by atoms with Gasteiger partial charge in [0, 0.05) is 36.3 Å². The highest BCUT2D eigenvalue weighted by molar-refractivity contribution is 6.30. The summed E-state index contributed by atoms with van der Waals surface area (Å²) in [5.41, 5.74) is 6.36. The van der Waals surface area contributed by atoms with Crippen molar-refractivity contribution >= 4 is 63.7 Å². The van der Waals surface area contributed by atoms with Crippen LogP contribution in [-0.2, 0) is 31.0 Å². The molecule has 4 amide bonds. The molecule has 11 nitrogen and oxygen atoms in total. The molecule has 2 aliphatic heterocycles. The first-order valence-electron chi connectivity index (χ1n) is 20.4. The number of halogens is 2. The molecule has 5 aromatic carbocycles. The summed E-state index contributed by atoms with van der Waals surface area (Å²) in [6, 6.07) is 31.7. The fraction of sp³-hybridized carbons (Fsp3) is 0.224. The highest BCUT2D eigenvalue weighted by Crippen LogP contribution is 2.65. The minimum atomic E-state index is -1.64. The maximum absolute atomic E-state index is 15.4. The number of aromatic hydroxyl groups is 1. The van der Waals surface area contributed by atoms with E-state index in [9.17, 15) is 23.9 Å². The number of hydrazine groups is 1. The quantitative estimate of drug-likeness (QED) is 0.0812. The largest absolute Gasteiger partial charge is 0.507 e. The van der Waals surface area contributed by atoms with Crippen molar-refractivity contribution in [1.82, 2.24) is 5.01 Å². The number of phenolic OH excluding ortho intramolecular Hbond substituents is 1. The van der Waals surface area contributed by atoms with E-state index in [-0.39, 0.29) is 24.5 Å². The number of phenols is 1. The zero-order chi connectivity index (χ0) is 43.4. The summed E-state index contributed by atoms with van der Waals surface area (Å²) in [5.74, 6) is -6.76. The van der Waals surface area contributed by atoms with Gasteiger partial charge in [0.15, 0.2) is 0 Å². The fourth-order valence-corrected chi connectivity index (χ4v) is 10.1. The van der Waals surface area contributed by atoms with Crippen LogP contribution in [0.5, 0.6) is 5.75 Å². The number of azo groups is 1. The van der Waals surface area contributed by atoms with E-state index < -0.39 is 58.5 Å². The molecule has 312 valence electrons. The number of hydrogen-bond donors (Lipinski definition) is 2. The van der Waals surface area contributed by atoms with Gasteiger partial charge >= 0.3 is 0 Å². The van der Waals surface area contributed by atoms with Crippen LogP contribution in [0.1, 0.15) is 35.4 Å². The fourth-order valence-electron chi connectivity index (χ4n) is 10.0. The van der Waals surface area contributed by atoms with Crippen LogP contribution in [0.3, 0.4) is 0 Å². The van der Waals surface area contributed by atoms with E-state index in [4.69, 9.17) is 11.6 Å². The number of allylic oxidation sites excluding steroid dienone is 3. The predicted octanol–water partition coefficient (Wildman–Crippen LogP) is 9.58. The smallest absolute Gasteiger partial charge is 0.260 e. The Hall–Kier alpha value is -6.92. The van der Waals surface area contributed by atoms with Crippen molar-refractivity contribution < 1.29 is 28.7 Å². The molecule has 3 fully saturated rings. The molecule has 0 unspecified atom stereocenters. The van der Waals surface area contributed by atoms with Gasteiger partial charge in [0.2, 0.25) is 11.8 Å². The third-order valence-corrected chi connectivity index (χ3v) is 13.1. The molecule has 5 aromatic rings. The molecule has 0 aromatic heterocycles. The van der Waals surface area contributed by atoms with Crippen molar-refractivity contribution in [2.75, 3.05) is 29.3 Å². The third-order valence-electron chi connectivity index (χ3n) is 12.8. The molecular weight excluding hydrogens is 807 g/mol. The Morgan fingerprint density at radius 3 is 2.16 bits per heavy atom. The lowest BCUT2D eigenvalue weighted by Gasteiger charge is -2.50. The molecule has 4 aliphatic rings. The van der Waals surface area contributed by atoms with Gasteiger partial charge in [0.25, 0.3) is 11.8 Å². The second kappa shape index (κ2) is 15.8. The van der Waals surface area contributed by atoms with Gasteiger partial charge in [0.05, 0.1) is 45.9 Å². The number of nitrogens with zero attached hydrogens (tertiary/aromatic N) is 5. The maximum Gasteiger partial charge on any atom is 0.260 e. The van der Waals surface area contributed by atoms with Gasteiger partial charge in [-0.1, -0.05) is 59.7 Å². The van der Waals surface area contributed by atoms with E-state index in [1.807, 2.05) is 49.3 Å². The van der Waals surface area contributed by atoms with E-state index in [1.54, 1.807) is 72.8 Å². The minimum absolute atomic E-state index is 0.0487. The second-order valence-corrected chi connectivity index (χ2v) is 16.8. The number of amides is 4. The topological polar surface area (TPSA) is 135 Å². The van der Waals surface area contributed by atoms with E-state index in [1.165, 1.54) is 29.2 Å². The van der Waals surface area contributed by atoms with E-state index >= 15 is 4.79 Å². The van der Waals surface area contributed by atoms with E-state index in [2.05, 4.69) is 22.2 Å². The summed E-state index contributed by atoms with van der Waals surface area (Å²) in [6.45, 7) is 3.86. The van der Waals surface area contributed by atoms with Crippen LogP contribution in [-0.4, -0.2) is 47.8 Å². The van der Waals surface area contributed by atoms with Crippen LogP contribution in [0.2, 0.25) is 5.02 Å². The summed E-state index contributed by atoms with van der Waals surface area (Å²) in [4.78, 5) is 62.8. The molecule has 13 heteroatoms. The number of hydrogen-bond acceptors (Lipinski definition) is 9. The van der Waals surface area contributed by atoms with Crippen LogP contribution in [0.15, 0.2) is 150 Å². The Morgan fingerprint density at radius 1 is 0.855 bits per heavy atom. The SMILES string of the molecule is C=CCc1cccc([C@H]2C3=CC[C@@H]4C(=O)N(c5ccc(N=Nc6ccc(N(C)C)cc6)cc5)C(=O)[C@@H]4[C@@H]3C[C@H]3C(=O)N(Nc4ccc(F)cc4)C(=O)[C@@]23c2ccc(Cl)cc2)c1O. The maximum atomic E-state index is 15.4. The van der Waals surface area contributed by atoms with Gasteiger partial charge in [-0.3, -0.25) is 29.5 Å².